The topological polar surface area (TPSA) is 0 Å². The van der Waals surface area contributed by atoms with E-state index in [0.717, 1.165) is 0 Å². The minimum Gasteiger partial charge on any atom is -0.0615 e. The van der Waals surface area contributed by atoms with Crippen molar-refractivity contribution in [3.8, 4) is 0 Å². The summed E-state index contributed by atoms with van der Waals surface area (Å²) in [5.41, 5.74) is 1.48. The quantitative estimate of drug-likeness (QED) is 0.554. The van der Waals surface area contributed by atoms with Crippen LogP contribution in [-0.2, 0) is 0 Å². The van der Waals surface area contributed by atoms with Crippen LogP contribution in [0.3, 0.4) is 0 Å². The fourth-order valence-corrected chi connectivity index (χ4v) is 3.22. The Bertz CT molecular complexity index is 242. The highest BCUT2D eigenvalue weighted by molar-refractivity contribution is 4.95. The van der Waals surface area contributed by atoms with Gasteiger partial charge in [0.15, 0.2) is 0 Å². The maximum Gasteiger partial charge on any atom is -0.0272 e. The third-order valence-corrected chi connectivity index (χ3v) is 5.10. The molecular formula is C17H36. The molecule has 0 heterocycles. The molecule has 104 valence electrons. The molecule has 0 heteroatoms. The summed E-state index contributed by atoms with van der Waals surface area (Å²) in [7, 11) is 0. The molecule has 0 N–H and O–H groups in total. The van der Waals surface area contributed by atoms with Gasteiger partial charge in [-0.1, -0.05) is 76.2 Å². The normalized spacial score (nSPS) is 17.1. The van der Waals surface area contributed by atoms with Gasteiger partial charge in [-0.25, -0.2) is 0 Å². The second-order valence-corrected chi connectivity index (χ2v) is 9.43. The van der Waals surface area contributed by atoms with Crippen molar-refractivity contribution in [1.29, 1.82) is 0 Å². The Labute approximate surface area is 111 Å². The van der Waals surface area contributed by atoms with Crippen molar-refractivity contribution < 1.29 is 0 Å². The summed E-state index contributed by atoms with van der Waals surface area (Å²) in [5.74, 6) is 0.701. The summed E-state index contributed by atoms with van der Waals surface area (Å²) >= 11 is 0. The van der Waals surface area contributed by atoms with Gasteiger partial charge in [-0.05, 0) is 34.0 Å². The molecule has 0 nitrogen and oxygen atoms in total. The van der Waals surface area contributed by atoms with Crippen LogP contribution < -0.4 is 0 Å². The summed E-state index contributed by atoms with van der Waals surface area (Å²) in [4.78, 5) is 0. The zero-order valence-electron chi connectivity index (χ0n) is 14.3. The van der Waals surface area contributed by atoms with Crippen LogP contribution >= 0.6 is 0 Å². The Balaban J connectivity index is 5.16. The Morgan fingerprint density at radius 3 is 1.29 bits per heavy atom. The van der Waals surface area contributed by atoms with E-state index in [4.69, 9.17) is 0 Å². The maximum atomic E-state index is 2.45. The van der Waals surface area contributed by atoms with Gasteiger partial charge in [0.25, 0.3) is 0 Å². The third kappa shape index (κ3) is 4.30. The van der Waals surface area contributed by atoms with Crippen molar-refractivity contribution in [3.63, 3.8) is 0 Å². The van der Waals surface area contributed by atoms with E-state index >= 15 is 0 Å². The largest absolute Gasteiger partial charge is 0.0615 e. The lowest BCUT2D eigenvalue weighted by atomic mass is 9.53. The molecule has 0 rings (SSSR count). The van der Waals surface area contributed by atoms with Crippen molar-refractivity contribution >= 4 is 0 Å². The van der Waals surface area contributed by atoms with E-state index in [2.05, 4.69) is 76.2 Å². The predicted molar refractivity (Wildman–Crippen MR) is 80.3 cm³/mol. The fraction of sp³-hybridized carbons (Fsp3) is 1.00. The standard InChI is InChI=1S/C17H36/c1-13(15(5,6)7)17(10,11)16(8,9)12-14(2,3)4/h13H,12H2,1-11H3. The zero-order valence-corrected chi connectivity index (χ0v) is 14.3. The maximum absolute atomic E-state index is 2.45. The lowest BCUT2D eigenvalue weighted by Gasteiger charge is -2.52. The molecule has 0 aromatic rings. The SMILES string of the molecule is CC(C(C)(C)C)C(C)(C)C(C)(C)CC(C)(C)C. The van der Waals surface area contributed by atoms with E-state index in [-0.39, 0.29) is 0 Å². The average Bonchev–Trinajstić information content (AvgIpc) is 1.95. The van der Waals surface area contributed by atoms with Crippen LogP contribution in [0, 0.1) is 27.6 Å². The lowest BCUT2D eigenvalue weighted by molar-refractivity contribution is -0.0313. The molecule has 0 saturated carbocycles. The molecule has 0 aliphatic carbocycles. The van der Waals surface area contributed by atoms with Gasteiger partial charge in [0.1, 0.15) is 0 Å². The summed E-state index contributed by atoms with van der Waals surface area (Å²) in [5, 5.41) is 0. The van der Waals surface area contributed by atoms with Crippen LogP contribution in [-0.4, -0.2) is 0 Å². The van der Waals surface area contributed by atoms with Gasteiger partial charge in [0.05, 0.1) is 0 Å². The van der Waals surface area contributed by atoms with E-state index in [1.165, 1.54) is 6.42 Å². The molecule has 17 heavy (non-hydrogen) atoms. The van der Waals surface area contributed by atoms with Gasteiger partial charge in [-0.3, -0.25) is 0 Å². The first-order chi connectivity index (χ1) is 7.11. The first-order valence-electron chi connectivity index (χ1n) is 7.11. The van der Waals surface area contributed by atoms with Crippen LogP contribution in [0.15, 0.2) is 0 Å². The highest BCUT2D eigenvalue weighted by atomic mass is 14.5. The van der Waals surface area contributed by atoms with Crippen molar-refractivity contribution in [2.75, 3.05) is 0 Å². The van der Waals surface area contributed by atoms with Gasteiger partial charge >= 0.3 is 0 Å². The molecule has 0 aromatic carbocycles. The van der Waals surface area contributed by atoms with Crippen LogP contribution in [0.5, 0.6) is 0 Å². The average molecular weight is 240 g/mol. The fourth-order valence-electron chi connectivity index (χ4n) is 3.22. The molecule has 0 aliphatic heterocycles. The Morgan fingerprint density at radius 2 is 1.06 bits per heavy atom. The summed E-state index contributed by atoms with van der Waals surface area (Å²) in [6, 6.07) is 0. The van der Waals surface area contributed by atoms with Gasteiger partial charge in [0.2, 0.25) is 0 Å². The molecule has 1 unspecified atom stereocenters. The molecule has 1 atom stereocenters. The van der Waals surface area contributed by atoms with Crippen LogP contribution in [0.1, 0.15) is 82.6 Å². The number of hydrogen-bond donors (Lipinski definition) is 0. The Kier molecular flexibility index (Phi) is 4.59. The zero-order chi connectivity index (χ0) is 14.3. The van der Waals surface area contributed by atoms with Gasteiger partial charge in [-0.2, -0.15) is 0 Å². The molecule has 0 aliphatic rings. The van der Waals surface area contributed by atoms with Crippen LogP contribution in [0.2, 0.25) is 0 Å². The minimum atomic E-state index is 0.346. The van der Waals surface area contributed by atoms with E-state index < -0.39 is 0 Å². The molecule has 0 bridgehead atoms. The van der Waals surface area contributed by atoms with Crippen LogP contribution in [0.25, 0.3) is 0 Å². The lowest BCUT2D eigenvalue weighted by Crippen LogP contribution is -2.44. The van der Waals surface area contributed by atoms with Crippen LogP contribution in [0.4, 0.5) is 0 Å². The van der Waals surface area contributed by atoms with E-state index in [1.807, 2.05) is 0 Å². The smallest absolute Gasteiger partial charge is 0.0272 e. The molecule has 0 amide bonds. The van der Waals surface area contributed by atoms with Crippen molar-refractivity contribution in [2.24, 2.45) is 27.6 Å². The molecule has 0 fully saturated rings. The highest BCUT2D eigenvalue weighted by Gasteiger charge is 2.46. The summed E-state index contributed by atoms with van der Waals surface area (Å²) in [6.07, 6.45) is 1.27. The third-order valence-electron chi connectivity index (χ3n) is 5.10. The summed E-state index contributed by atoms with van der Waals surface area (Å²) < 4.78 is 0. The number of hydrogen-bond acceptors (Lipinski definition) is 0. The monoisotopic (exact) mass is 240 g/mol. The summed E-state index contributed by atoms with van der Waals surface area (Å²) in [6.45, 7) is 26.4. The minimum absolute atomic E-state index is 0.346. The molecule has 0 aromatic heterocycles. The van der Waals surface area contributed by atoms with E-state index in [0.29, 0.717) is 27.6 Å². The molecule has 0 saturated heterocycles. The Morgan fingerprint density at radius 1 is 0.706 bits per heavy atom. The second kappa shape index (κ2) is 4.59. The van der Waals surface area contributed by atoms with Crippen molar-refractivity contribution in [2.45, 2.75) is 82.6 Å². The predicted octanol–water partition coefficient (Wildman–Crippen LogP) is 6.16. The first kappa shape index (κ1) is 17.0. The number of rotatable bonds is 3. The highest BCUT2D eigenvalue weighted by Crippen LogP contribution is 2.54. The van der Waals surface area contributed by atoms with Crippen molar-refractivity contribution in [1.82, 2.24) is 0 Å². The van der Waals surface area contributed by atoms with E-state index in [1.54, 1.807) is 0 Å². The van der Waals surface area contributed by atoms with Gasteiger partial charge < -0.3 is 0 Å². The molecule has 0 spiro atoms. The van der Waals surface area contributed by atoms with Gasteiger partial charge in [0, 0.05) is 0 Å². The van der Waals surface area contributed by atoms with Gasteiger partial charge in [-0.15, -0.1) is 0 Å². The Hall–Kier alpha value is 0. The molecule has 0 radical (unpaired) electrons. The second-order valence-electron chi connectivity index (χ2n) is 9.43. The van der Waals surface area contributed by atoms with E-state index in [9.17, 15) is 0 Å². The molecular weight excluding hydrogens is 204 g/mol. The van der Waals surface area contributed by atoms with Crippen molar-refractivity contribution in [3.05, 3.63) is 0 Å². The first-order valence-corrected chi connectivity index (χ1v) is 7.11.